The van der Waals surface area contributed by atoms with E-state index in [-0.39, 0.29) is 12.5 Å². The van der Waals surface area contributed by atoms with Gasteiger partial charge in [-0.05, 0) is 26.7 Å². The fraction of sp³-hybridized carbons (Fsp3) is 0.933. The van der Waals surface area contributed by atoms with Gasteiger partial charge < -0.3 is 10.0 Å². The molecule has 0 unspecified atom stereocenters. The van der Waals surface area contributed by atoms with Gasteiger partial charge in [0.2, 0.25) is 5.91 Å². The fourth-order valence-corrected chi connectivity index (χ4v) is 3.47. The molecule has 19 heavy (non-hydrogen) atoms. The van der Waals surface area contributed by atoms with Crippen molar-refractivity contribution < 1.29 is 9.90 Å². The number of carbonyl (C=O) groups excluding carboxylic acids is 1. The van der Waals surface area contributed by atoms with Gasteiger partial charge in [-0.3, -0.25) is 9.69 Å². The van der Waals surface area contributed by atoms with Gasteiger partial charge in [-0.2, -0.15) is 0 Å². The summed E-state index contributed by atoms with van der Waals surface area (Å²) < 4.78 is 0. The van der Waals surface area contributed by atoms with Gasteiger partial charge in [0, 0.05) is 37.7 Å². The Morgan fingerprint density at radius 3 is 2.42 bits per heavy atom. The van der Waals surface area contributed by atoms with Crippen LogP contribution in [0.25, 0.3) is 0 Å². The highest BCUT2D eigenvalue weighted by atomic mass is 16.3. The van der Waals surface area contributed by atoms with Crippen molar-refractivity contribution in [1.82, 2.24) is 9.80 Å². The molecule has 1 heterocycles. The van der Waals surface area contributed by atoms with Gasteiger partial charge in [-0.25, -0.2) is 0 Å². The number of hydrogen-bond acceptors (Lipinski definition) is 3. The number of amides is 1. The van der Waals surface area contributed by atoms with Crippen molar-refractivity contribution >= 4 is 5.91 Å². The summed E-state index contributed by atoms with van der Waals surface area (Å²) in [7, 11) is 0. The standard InChI is InChI=1S/C15H28N2O2/c1-12(2)17(14-6-4-3-5-7-14)15(19)10-16-8-13(9-16)11-18/h12-14,18H,3-11H2,1-2H3. The first-order valence-electron chi connectivity index (χ1n) is 7.76. The molecule has 0 bridgehead atoms. The first-order chi connectivity index (χ1) is 9.11. The quantitative estimate of drug-likeness (QED) is 0.821. The summed E-state index contributed by atoms with van der Waals surface area (Å²) in [6, 6.07) is 0.752. The van der Waals surface area contributed by atoms with Crippen LogP contribution >= 0.6 is 0 Å². The molecule has 0 aromatic heterocycles. The van der Waals surface area contributed by atoms with E-state index >= 15 is 0 Å². The van der Waals surface area contributed by atoms with E-state index in [4.69, 9.17) is 5.11 Å². The zero-order chi connectivity index (χ0) is 13.8. The number of hydrogen-bond donors (Lipinski definition) is 1. The SMILES string of the molecule is CC(C)N(C(=O)CN1CC(CO)C1)C1CCCCC1. The molecule has 2 fully saturated rings. The molecule has 1 aliphatic carbocycles. The second-order valence-corrected chi connectivity index (χ2v) is 6.43. The average Bonchev–Trinajstić information content (AvgIpc) is 2.34. The molecule has 1 N–H and O–H groups in total. The molecule has 4 heteroatoms. The monoisotopic (exact) mass is 268 g/mol. The number of carbonyl (C=O) groups is 1. The van der Waals surface area contributed by atoms with E-state index in [1.165, 1.54) is 32.1 Å². The van der Waals surface area contributed by atoms with E-state index in [2.05, 4.69) is 23.6 Å². The van der Waals surface area contributed by atoms with Crippen molar-refractivity contribution in [3.8, 4) is 0 Å². The first kappa shape index (κ1) is 14.8. The van der Waals surface area contributed by atoms with Gasteiger partial charge in [0.25, 0.3) is 0 Å². The highest BCUT2D eigenvalue weighted by molar-refractivity contribution is 5.79. The van der Waals surface area contributed by atoms with Crippen molar-refractivity contribution in [3.05, 3.63) is 0 Å². The largest absolute Gasteiger partial charge is 0.396 e. The number of rotatable bonds is 5. The number of likely N-dealkylation sites (tertiary alicyclic amines) is 1. The van der Waals surface area contributed by atoms with Gasteiger partial charge >= 0.3 is 0 Å². The molecule has 2 aliphatic rings. The molecule has 1 aliphatic heterocycles. The van der Waals surface area contributed by atoms with Gasteiger partial charge in [0.15, 0.2) is 0 Å². The van der Waals surface area contributed by atoms with Crippen LogP contribution in [0.5, 0.6) is 0 Å². The molecular weight excluding hydrogens is 240 g/mol. The van der Waals surface area contributed by atoms with Crippen LogP contribution in [0.15, 0.2) is 0 Å². The zero-order valence-electron chi connectivity index (χ0n) is 12.3. The molecule has 1 amide bonds. The van der Waals surface area contributed by atoms with E-state index in [1.54, 1.807) is 0 Å². The molecule has 4 nitrogen and oxygen atoms in total. The van der Waals surface area contributed by atoms with E-state index in [0.29, 0.717) is 24.5 Å². The van der Waals surface area contributed by atoms with Gasteiger partial charge in [0.05, 0.1) is 6.54 Å². The highest BCUT2D eigenvalue weighted by Crippen LogP contribution is 2.25. The van der Waals surface area contributed by atoms with Crippen molar-refractivity contribution in [1.29, 1.82) is 0 Å². The van der Waals surface area contributed by atoms with E-state index in [0.717, 1.165) is 13.1 Å². The average molecular weight is 268 g/mol. The second-order valence-electron chi connectivity index (χ2n) is 6.43. The maximum atomic E-state index is 12.5. The van der Waals surface area contributed by atoms with Gasteiger partial charge in [0.1, 0.15) is 0 Å². The molecule has 0 aromatic rings. The molecule has 2 rings (SSSR count). The summed E-state index contributed by atoms with van der Waals surface area (Å²) in [4.78, 5) is 16.8. The predicted molar refractivity (Wildman–Crippen MR) is 75.9 cm³/mol. The van der Waals surface area contributed by atoms with Crippen LogP contribution in [-0.4, -0.2) is 59.1 Å². The van der Waals surface area contributed by atoms with Crippen molar-refractivity contribution in [2.75, 3.05) is 26.2 Å². The van der Waals surface area contributed by atoms with Crippen molar-refractivity contribution in [2.45, 2.75) is 58.0 Å². The van der Waals surface area contributed by atoms with Crippen LogP contribution in [0.4, 0.5) is 0 Å². The number of nitrogens with zero attached hydrogens (tertiary/aromatic N) is 2. The smallest absolute Gasteiger partial charge is 0.237 e. The number of aliphatic hydroxyl groups is 1. The minimum Gasteiger partial charge on any atom is -0.396 e. The highest BCUT2D eigenvalue weighted by Gasteiger charge is 2.32. The lowest BCUT2D eigenvalue weighted by molar-refractivity contribution is -0.139. The molecule has 0 radical (unpaired) electrons. The molecule has 0 spiro atoms. The van der Waals surface area contributed by atoms with Crippen LogP contribution in [0.2, 0.25) is 0 Å². The Morgan fingerprint density at radius 2 is 1.89 bits per heavy atom. The number of aliphatic hydroxyl groups excluding tert-OH is 1. The summed E-state index contributed by atoms with van der Waals surface area (Å²) in [5, 5.41) is 9.02. The molecule has 1 saturated carbocycles. The maximum absolute atomic E-state index is 12.5. The van der Waals surface area contributed by atoms with Crippen molar-refractivity contribution in [3.63, 3.8) is 0 Å². The first-order valence-corrected chi connectivity index (χ1v) is 7.76. The summed E-state index contributed by atoms with van der Waals surface area (Å²) in [5.41, 5.74) is 0. The Bertz CT molecular complexity index is 295. The summed E-state index contributed by atoms with van der Waals surface area (Å²) >= 11 is 0. The second kappa shape index (κ2) is 6.71. The summed E-state index contributed by atoms with van der Waals surface area (Å²) in [5.74, 6) is 0.660. The van der Waals surface area contributed by atoms with Crippen LogP contribution < -0.4 is 0 Å². The van der Waals surface area contributed by atoms with Crippen LogP contribution in [-0.2, 0) is 4.79 Å². The third-order valence-corrected chi connectivity index (χ3v) is 4.46. The van der Waals surface area contributed by atoms with Crippen LogP contribution in [0.3, 0.4) is 0 Å². The zero-order valence-corrected chi connectivity index (χ0v) is 12.3. The van der Waals surface area contributed by atoms with Crippen LogP contribution in [0.1, 0.15) is 46.0 Å². The van der Waals surface area contributed by atoms with Crippen molar-refractivity contribution in [2.24, 2.45) is 5.92 Å². The molecule has 0 aromatic carbocycles. The van der Waals surface area contributed by atoms with Gasteiger partial charge in [-0.1, -0.05) is 19.3 Å². The Hall–Kier alpha value is -0.610. The Morgan fingerprint density at radius 1 is 1.26 bits per heavy atom. The summed E-state index contributed by atoms with van der Waals surface area (Å²) in [6.07, 6.45) is 6.18. The third kappa shape index (κ3) is 3.69. The molecular formula is C15H28N2O2. The van der Waals surface area contributed by atoms with E-state index < -0.39 is 0 Å². The van der Waals surface area contributed by atoms with Gasteiger partial charge in [-0.15, -0.1) is 0 Å². The lowest BCUT2D eigenvalue weighted by Crippen LogP contribution is -2.55. The molecule has 110 valence electrons. The van der Waals surface area contributed by atoms with E-state index in [1.807, 2.05) is 0 Å². The minimum absolute atomic E-state index is 0.251. The topological polar surface area (TPSA) is 43.8 Å². The van der Waals surface area contributed by atoms with E-state index in [9.17, 15) is 4.79 Å². The normalized spacial score (nSPS) is 22.5. The molecule has 1 saturated heterocycles. The Balaban J connectivity index is 1.86. The maximum Gasteiger partial charge on any atom is 0.237 e. The Kier molecular flexibility index (Phi) is 5.22. The lowest BCUT2D eigenvalue weighted by Gasteiger charge is -2.42. The predicted octanol–water partition coefficient (Wildman–Crippen LogP) is 1.48. The Labute approximate surface area is 116 Å². The lowest BCUT2D eigenvalue weighted by atomic mass is 9.93. The molecule has 0 atom stereocenters. The third-order valence-electron chi connectivity index (χ3n) is 4.46. The van der Waals surface area contributed by atoms with Crippen LogP contribution in [0, 0.1) is 5.92 Å². The summed E-state index contributed by atoms with van der Waals surface area (Å²) in [6.45, 7) is 6.78. The fourth-order valence-electron chi connectivity index (χ4n) is 3.47. The minimum atomic E-state index is 0.251.